The minimum Gasteiger partial charge on any atom is -0.480 e. The van der Waals surface area contributed by atoms with Gasteiger partial charge in [-0.25, -0.2) is 0 Å². The Morgan fingerprint density at radius 1 is 1.19 bits per heavy atom. The zero-order valence-electron chi connectivity index (χ0n) is 11.8. The summed E-state index contributed by atoms with van der Waals surface area (Å²) in [5, 5.41) is 9.65. The maximum atomic E-state index is 11.8. The summed E-state index contributed by atoms with van der Waals surface area (Å²) in [6, 6.07) is 11.3. The standard InChI is InChI=1S/C17H18N2O2/c20-17(21)16(14-7-3-9-18-11-14)19-10-4-8-13-5-1-2-6-15(13)12-19/h1-3,5-7,9,11,16H,4,8,10,12H2,(H,20,21). The molecule has 1 atom stereocenters. The van der Waals surface area contributed by atoms with E-state index in [1.54, 1.807) is 18.5 Å². The molecule has 1 aliphatic rings. The minimum absolute atomic E-state index is 0.634. The first-order chi connectivity index (χ1) is 10.3. The fourth-order valence-electron chi connectivity index (χ4n) is 2.99. The normalized spacial score (nSPS) is 16.8. The smallest absolute Gasteiger partial charge is 0.325 e. The van der Waals surface area contributed by atoms with Gasteiger partial charge in [0.1, 0.15) is 6.04 Å². The Kier molecular flexibility index (Phi) is 3.97. The summed E-state index contributed by atoms with van der Waals surface area (Å²) in [6.45, 7) is 1.45. The maximum Gasteiger partial charge on any atom is 0.325 e. The molecule has 0 aliphatic carbocycles. The van der Waals surface area contributed by atoms with Gasteiger partial charge < -0.3 is 5.11 Å². The summed E-state index contributed by atoms with van der Waals surface area (Å²) in [5.74, 6) is -0.817. The number of aryl methyl sites for hydroxylation is 1. The molecule has 0 fully saturated rings. The molecule has 1 N–H and O–H groups in total. The average Bonchev–Trinajstić information content (AvgIpc) is 2.70. The molecular weight excluding hydrogens is 264 g/mol. The third-order valence-electron chi connectivity index (χ3n) is 3.98. The van der Waals surface area contributed by atoms with E-state index >= 15 is 0 Å². The Morgan fingerprint density at radius 3 is 2.71 bits per heavy atom. The average molecular weight is 282 g/mol. The highest BCUT2D eigenvalue weighted by atomic mass is 16.4. The van der Waals surface area contributed by atoms with Crippen molar-refractivity contribution in [2.24, 2.45) is 0 Å². The van der Waals surface area contributed by atoms with Gasteiger partial charge in [0, 0.05) is 18.9 Å². The van der Waals surface area contributed by atoms with E-state index in [-0.39, 0.29) is 0 Å². The van der Waals surface area contributed by atoms with Gasteiger partial charge in [-0.1, -0.05) is 30.3 Å². The second-order valence-electron chi connectivity index (χ2n) is 5.37. The third kappa shape index (κ3) is 2.95. The molecule has 21 heavy (non-hydrogen) atoms. The van der Waals surface area contributed by atoms with E-state index in [1.165, 1.54) is 11.1 Å². The number of carboxylic acids is 1. The van der Waals surface area contributed by atoms with E-state index < -0.39 is 12.0 Å². The molecule has 1 aliphatic heterocycles. The van der Waals surface area contributed by atoms with Gasteiger partial charge in [0.15, 0.2) is 0 Å². The van der Waals surface area contributed by atoms with Crippen molar-refractivity contribution in [2.45, 2.75) is 25.4 Å². The van der Waals surface area contributed by atoms with Gasteiger partial charge in [-0.2, -0.15) is 0 Å². The van der Waals surface area contributed by atoms with Gasteiger partial charge in [-0.3, -0.25) is 14.7 Å². The second-order valence-corrected chi connectivity index (χ2v) is 5.37. The van der Waals surface area contributed by atoms with Gasteiger partial charge in [0.25, 0.3) is 0 Å². The quantitative estimate of drug-likeness (QED) is 0.940. The fourth-order valence-corrected chi connectivity index (χ4v) is 2.99. The van der Waals surface area contributed by atoms with Gasteiger partial charge in [-0.05, 0) is 42.1 Å². The number of rotatable bonds is 3. The minimum atomic E-state index is -0.817. The van der Waals surface area contributed by atoms with Gasteiger partial charge in [0.2, 0.25) is 0 Å². The molecule has 0 spiro atoms. The molecule has 1 aromatic carbocycles. The van der Waals surface area contributed by atoms with E-state index in [0.717, 1.165) is 24.9 Å². The van der Waals surface area contributed by atoms with Crippen molar-refractivity contribution >= 4 is 5.97 Å². The van der Waals surface area contributed by atoms with Crippen molar-refractivity contribution < 1.29 is 9.90 Å². The largest absolute Gasteiger partial charge is 0.480 e. The van der Waals surface area contributed by atoms with Gasteiger partial charge in [-0.15, -0.1) is 0 Å². The molecule has 2 heterocycles. The lowest BCUT2D eigenvalue weighted by Crippen LogP contribution is -2.34. The first-order valence-corrected chi connectivity index (χ1v) is 7.19. The highest BCUT2D eigenvalue weighted by molar-refractivity contribution is 5.75. The van der Waals surface area contributed by atoms with E-state index in [0.29, 0.717) is 6.54 Å². The Balaban J connectivity index is 1.92. The van der Waals surface area contributed by atoms with Crippen molar-refractivity contribution in [2.75, 3.05) is 6.54 Å². The molecule has 2 aromatic rings. The summed E-state index contributed by atoms with van der Waals surface area (Å²) < 4.78 is 0. The highest BCUT2D eigenvalue weighted by Crippen LogP contribution is 2.27. The zero-order valence-corrected chi connectivity index (χ0v) is 11.8. The summed E-state index contributed by atoms with van der Waals surface area (Å²) in [5.41, 5.74) is 3.30. The molecule has 4 heteroatoms. The monoisotopic (exact) mass is 282 g/mol. The van der Waals surface area contributed by atoms with Crippen LogP contribution in [0, 0.1) is 0 Å². The highest BCUT2D eigenvalue weighted by Gasteiger charge is 2.29. The molecule has 0 bridgehead atoms. The molecule has 1 aromatic heterocycles. The van der Waals surface area contributed by atoms with Crippen LogP contribution in [0.15, 0.2) is 48.8 Å². The van der Waals surface area contributed by atoms with Crippen LogP contribution in [0.2, 0.25) is 0 Å². The van der Waals surface area contributed by atoms with E-state index in [1.807, 2.05) is 23.1 Å². The molecule has 4 nitrogen and oxygen atoms in total. The number of fused-ring (bicyclic) bond motifs is 1. The molecule has 3 rings (SSSR count). The van der Waals surface area contributed by atoms with E-state index in [4.69, 9.17) is 0 Å². The predicted octanol–water partition coefficient (Wildman–Crippen LogP) is 2.66. The van der Waals surface area contributed by atoms with E-state index in [9.17, 15) is 9.90 Å². The van der Waals surface area contributed by atoms with Crippen LogP contribution >= 0.6 is 0 Å². The van der Waals surface area contributed by atoms with Crippen LogP contribution in [0.25, 0.3) is 0 Å². The summed E-state index contributed by atoms with van der Waals surface area (Å²) in [4.78, 5) is 17.8. The first-order valence-electron chi connectivity index (χ1n) is 7.19. The number of hydrogen-bond donors (Lipinski definition) is 1. The number of aliphatic carboxylic acids is 1. The number of pyridine rings is 1. The Hall–Kier alpha value is -2.20. The molecule has 1 unspecified atom stereocenters. The summed E-state index contributed by atoms with van der Waals surface area (Å²) in [6.07, 6.45) is 5.29. The van der Waals surface area contributed by atoms with Crippen LogP contribution in [-0.2, 0) is 17.8 Å². The number of hydrogen-bond acceptors (Lipinski definition) is 3. The van der Waals surface area contributed by atoms with Crippen molar-refractivity contribution in [1.82, 2.24) is 9.88 Å². The van der Waals surface area contributed by atoms with Crippen LogP contribution in [-0.4, -0.2) is 27.5 Å². The lowest BCUT2D eigenvalue weighted by Gasteiger charge is -2.27. The topological polar surface area (TPSA) is 53.4 Å². The zero-order chi connectivity index (χ0) is 14.7. The third-order valence-corrected chi connectivity index (χ3v) is 3.98. The molecule has 0 radical (unpaired) electrons. The number of benzene rings is 1. The Bertz CT molecular complexity index is 628. The van der Waals surface area contributed by atoms with Crippen molar-refractivity contribution in [3.8, 4) is 0 Å². The van der Waals surface area contributed by atoms with Crippen LogP contribution in [0.5, 0.6) is 0 Å². The number of carbonyl (C=O) groups is 1. The lowest BCUT2D eigenvalue weighted by molar-refractivity contribution is -0.143. The van der Waals surface area contributed by atoms with Crippen LogP contribution < -0.4 is 0 Å². The van der Waals surface area contributed by atoms with Gasteiger partial charge in [0.05, 0.1) is 0 Å². The molecule has 0 saturated heterocycles. The van der Waals surface area contributed by atoms with Crippen LogP contribution in [0.1, 0.15) is 29.2 Å². The lowest BCUT2D eigenvalue weighted by atomic mass is 10.0. The molecule has 0 amide bonds. The SMILES string of the molecule is O=C(O)C(c1cccnc1)N1CCCc2ccccc2C1. The maximum absolute atomic E-state index is 11.8. The van der Waals surface area contributed by atoms with Crippen molar-refractivity contribution in [3.63, 3.8) is 0 Å². The van der Waals surface area contributed by atoms with E-state index in [2.05, 4.69) is 17.1 Å². The van der Waals surface area contributed by atoms with Crippen LogP contribution in [0.3, 0.4) is 0 Å². The summed E-state index contributed by atoms with van der Waals surface area (Å²) in [7, 11) is 0. The van der Waals surface area contributed by atoms with Crippen molar-refractivity contribution in [3.05, 3.63) is 65.5 Å². The molecule has 108 valence electrons. The number of carboxylic acid groups (broad SMARTS) is 1. The number of aromatic nitrogens is 1. The molecular formula is C17H18N2O2. The Labute approximate surface area is 124 Å². The summed E-state index contributed by atoms with van der Waals surface area (Å²) >= 11 is 0. The molecule has 0 saturated carbocycles. The first kappa shape index (κ1) is 13.8. The van der Waals surface area contributed by atoms with Crippen molar-refractivity contribution in [1.29, 1.82) is 0 Å². The predicted molar refractivity (Wildman–Crippen MR) is 79.8 cm³/mol. The Morgan fingerprint density at radius 2 is 2.00 bits per heavy atom. The van der Waals surface area contributed by atoms with Gasteiger partial charge >= 0.3 is 5.97 Å². The second kappa shape index (κ2) is 6.06. The fraction of sp³-hybridized carbons (Fsp3) is 0.294. The number of nitrogens with zero attached hydrogens (tertiary/aromatic N) is 2. The van der Waals surface area contributed by atoms with Crippen LogP contribution in [0.4, 0.5) is 0 Å².